The number of urea groups is 1. The van der Waals surface area contributed by atoms with Crippen LogP contribution in [0.3, 0.4) is 0 Å². The van der Waals surface area contributed by atoms with E-state index in [4.69, 9.17) is 35.4 Å². The van der Waals surface area contributed by atoms with Gasteiger partial charge >= 0.3 is 6.03 Å². The van der Waals surface area contributed by atoms with E-state index in [-0.39, 0.29) is 11.6 Å². The van der Waals surface area contributed by atoms with Crippen molar-refractivity contribution in [3.63, 3.8) is 0 Å². The highest BCUT2D eigenvalue weighted by Crippen LogP contribution is 2.25. The molecule has 0 spiro atoms. The van der Waals surface area contributed by atoms with Gasteiger partial charge in [-0.3, -0.25) is 4.90 Å². The van der Waals surface area contributed by atoms with Crippen LogP contribution in [0.1, 0.15) is 13.8 Å². The van der Waals surface area contributed by atoms with Gasteiger partial charge in [0, 0.05) is 5.69 Å². The molecule has 7 heteroatoms. The van der Waals surface area contributed by atoms with E-state index >= 15 is 0 Å². The van der Waals surface area contributed by atoms with Crippen molar-refractivity contribution >= 4 is 52.3 Å². The van der Waals surface area contributed by atoms with Crippen molar-refractivity contribution in [2.24, 2.45) is 0 Å². The molecule has 2 rings (SSSR count). The van der Waals surface area contributed by atoms with E-state index in [0.29, 0.717) is 27.4 Å². The van der Waals surface area contributed by atoms with Crippen LogP contribution in [0.4, 0.5) is 10.5 Å². The molecule has 1 aromatic rings. The fourth-order valence-corrected chi connectivity index (χ4v) is 2.51. The Hall–Kier alpha value is -1.04. The molecule has 1 aliphatic rings. The number of benzene rings is 1. The number of anilines is 1. The molecule has 19 heavy (non-hydrogen) atoms. The zero-order chi connectivity index (χ0) is 14.2. The molecular weight excluding hydrogens is 305 g/mol. The first-order valence-electron chi connectivity index (χ1n) is 5.64. The average Bonchev–Trinajstić information content (AvgIpc) is 2.57. The zero-order valence-corrected chi connectivity index (χ0v) is 12.8. The summed E-state index contributed by atoms with van der Waals surface area (Å²) in [7, 11) is 0. The van der Waals surface area contributed by atoms with Crippen LogP contribution in [-0.2, 0) is 0 Å². The molecular formula is C12H13Cl2N3OS. The van der Waals surface area contributed by atoms with Crippen molar-refractivity contribution < 1.29 is 4.79 Å². The number of carbonyl (C=O) groups excluding carboxylic acids is 1. The van der Waals surface area contributed by atoms with E-state index in [0.717, 1.165) is 0 Å². The lowest BCUT2D eigenvalue weighted by molar-refractivity contribution is 0.233. The lowest BCUT2D eigenvalue weighted by atomic mass is 10.1. The molecule has 0 atom stereocenters. The molecule has 0 unspecified atom stereocenters. The highest BCUT2D eigenvalue weighted by atomic mass is 35.5. The monoisotopic (exact) mass is 317 g/mol. The summed E-state index contributed by atoms with van der Waals surface area (Å²) in [6.07, 6.45) is 0. The van der Waals surface area contributed by atoms with Crippen molar-refractivity contribution in [1.29, 1.82) is 0 Å². The Balaban J connectivity index is 2.09. The van der Waals surface area contributed by atoms with Crippen molar-refractivity contribution in [2.75, 3.05) is 11.9 Å². The third kappa shape index (κ3) is 3.29. The molecule has 0 aliphatic carbocycles. The number of thiocarbonyl (C=S) groups is 1. The van der Waals surface area contributed by atoms with Crippen molar-refractivity contribution in [3.8, 4) is 0 Å². The number of hydrogen-bond acceptors (Lipinski definition) is 2. The van der Waals surface area contributed by atoms with Gasteiger partial charge in [0.2, 0.25) is 0 Å². The number of rotatable bonds is 1. The lowest BCUT2D eigenvalue weighted by Crippen LogP contribution is -2.37. The fourth-order valence-electron chi connectivity index (χ4n) is 1.79. The molecule has 0 aromatic heterocycles. The second kappa shape index (κ2) is 5.15. The topological polar surface area (TPSA) is 44.4 Å². The molecule has 1 aromatic carbocycles. The minimum absolute atomic E-state index is 0.216. The number of hydrogen-bond donors (Lipinski definition) is 2. The molecule has 2 amide bonds. The summed E-state index contributed by atoms with van der Waals surface area (Å²) < 4.78 is 0. The summed E-state index contributed by atoms with van der Waals surface area (Å²) in [6.45, 7) is 4.47. The van der Waals surface area contributed by atoms with Crippen LogP contribution in [0, 0.1) is 0 Å². The van der Waals surface area contributed by atoms with Crippen LogP contribution in [0.15, 0.2) is 18.2 Å². The molecule has 1 aliphatic heterocycles. The largest absolute Gasteiger partial charge is 0.355 e. The Morgan fingerprint density at radius 2 is 2.11 bits per heavy atom. The standard InChI is InChI=1S/C12H13Cl2N3OS/c1-12(2)6-17(11(19)16-12)10(18)15-7-3-4-8(13)9(14)5-7/h3-5H,6H2,1-2H3,(H,15,18)(H,16,19). The van der Waals surface area contributed by atoms with Gasteiger partial charge in [0.05, 0.1) is 22.1 Å². The number of halogens is 2. The maximum atomic E-state index is 12.1. The minimum Gasteiger partial charge on any atom is -0.355 e. The molecule has 1 heterocycles. The van der Waals surface area contributed by atoms with E-state index in [1.165, 1.54) is 4.90 Å². The highest BCUT2D eigenvalue weighted by molar-refractivity contribution is 7.80. The Morgan fingerprint density at radius 1 is 1.42 bits per heavy atom. The normalized spacial score (nSPS) is 17.3. The molecule has 0 bridgehead atoms. The zero-order valence-electron chi connectivity index (χ0n) is 10.5. The van der Waals surface area contributed by atoms with Gasteiger partial charge in [-0.05, 0) is 44.3 Å². The molecule has 2 N–H and O–H groups in total. The molecule has 0 radical (unpaired) electrons. The molecule has 1 fully saturated rings. The first kappa shape index (κ1) is 14.4. The van der Waals surface area contributed by atoms with Crippen LogP contribution in [0.5, 0.6) is 0 Å². The predicted molar refractivity (Wildman–Crippen MR) is 82.0 cm³/mol. The SMILES string of the molecule is CC1(C)CN(C(=O)Nc2ccc(Cl)c(Cl)c2)C(=S)N1. The Labute approximate surface area is 127 Å². The summed E-state index contributed by atoms with van der Waals surface area (Å²) >= 11 is 16.9. The van der Waals surface area contributed by atoms with E-state index in [1.807, 2.05) is 13.8 Å². The predicted octanol–water partition coefficient (Wildman–Crippen LogP) is 3.49. The molecule has 0 saturated carbocycles. The summed E-state index contributed by atoms with van der Waals surface area (Å²) in [5.41, 5.74) is 0.360. The Morgan fingerprint density at radius 3 is 2.63 bits per heavy atom. The minimum atomic E-state index is -0.290. The van der Waals surface area contributed by atoms with Gasteiger partial charge < -0.3 is 10.6 Å². The lowest BCUT2D eigenvalue weighted by Gasteiger charge is -2.18. The highest BCUT2D eigenvalue weighted by Gasteiger charge is 2.35. The van der Waals surface area contributed by atoms with Crippen molar-refractivity contribution in [3.05, 3.63) is 28.2 Å². The maximum Gasteiger partial charge on any atom is 0.328 e. The first-order valence-corrected chi connectivity index (χ1v) is 6.81. The number of nitrogens with zero attached hydrogens (tertiary/aromatic N) is 1. The first-order chi connectivity index (χ1) is 8.78. The van der Waals surface area contributed by atoms with Gasteiger partial charge in [0.15, 0.2) is 5.11 Å². The number of carbonyl (C=O) groups is 1. The fraction of sp³-hybridized carbons (Fsp3) is 0.333. The Kier molecular flexibility index (Phi) is 3.90. The van der Waals surface area contributed by atoms with Crippen LogP contribution >= 0.6 is 35.4 Å². The third-order valence-corrected chi connectivity index (χ3v) is 3.72. The summed E-state index contributed by atoms with van der Waals surface area (Å²) in [4.78, 5) is 13.6. The quantitative estimate of drug-likeness (QED) is 0.779. The van der Waals surface area contributed by atoms with Crippen LogP contribution in [-0.4, -0.2) is 28.1 Å². The van der Waals surface area contributed by atoms with Crippen molar-refractivity contribution in [1.82, 2.24) is 10.2 Å². The van der Waals surface area contributed by atoms with E-state index < -0.39 is 0 Å². The average molecular weight is 318 g/mol. The third-order valence-electron chi connectivity index (χ3n) is 2.66. The summed E-state index contributed by atoms with van der Waals surface area (Å²) in [6, 6.07) is 4.62. The van der Waals surface area contributed by atoms with E-state index in [2.05, 4.69) is 10.6 Å². The second-order valence-electron chi connectivity index (χ2n) is 4.96. The summed E-state index contributed by atoms with van der Waals surface area (Å²) in [5, 5.41) is 7.07. The number of nitrogens with one attached hydrogen (secondary N) is 2. The van der Waals surface area contributed by atoms with Gasteiger partial charge in [0.1, 0.15) is 0 Å². The molecule has 102 valence electrons. The van der Waals surface area contributed by atoms with Crippen LogP contribution in [0.25, 0.3) is 0 Å². The Bertz CT molecular complexity index is 548. The van der Waals surface area contributed by atoms with E-state index in [1.54, 1.807) is 18.2 Å². The van der Waals surface area contributed by atoms with Gasteiger partial charge in [0.25, 0.3) is 0 Å². The van der Waals surface area contributed by atoms with Crippen LogP contribution < -0.4 is 10.6 Å². The number of amides is 2. The molecule has 4 nitrogen and oxygen atoms in total. The van der Waals surface area contributed by atoms with Crippen LogP contribution in [0.2, 0.25) is 10.0 Å². The van der Waals surface area contributed by atoms with Crippen molar-refractivity contribution in [2.45, 2.75) is 19.4 Å². The van der Waals surface area contributed by atoms with Gasteiger partial charge in [-0.1, -0.05) is 23.2 Å². The van der Waals surface area contributed by atoms with Gasteiger partial charge in [-0.25, -0.2) is 4.79 Å². The second-order valence-corrected chi connectivity index (χ2v) is 6.16. The van der Waals surface area contributed by atoms with Gasteiger partial charge in [-0.15, -0.1) is 0 Å². The summed E-state index contributed by atoms with van der Waals surface area (Å²) in [5.74, 6) is 0. The maximum absolute atomic E-state index is 12.1. The van der Waals surface area contributed by atoms with Gasteiger partial charge in [-0.2, -0.15) is 0 Å². The van der Waals surface area contributed by atoms with E-state index in [9.17, 15) is 4.79 Å². The smallest absolute Gasteiger partial charge is 0.328 e. The molecule has 1 saturated heterocycles.